The first-order valence-electron chi connectivity index (χ1n) is 5.77. The van der Waals surface area contributed by atoms with Gasteiger partial charge in [-0.15, -0.1) is 0 Å². The fraction of sp³-hybridized carbons (Fsp3) is 1.00. The van der Waals surface area contributed by atoms with Gasteiger partial charge >= 0.3 is 0 Å². The zero-order valence-electron chi connectivity index (χ0n) is 9.42. The van der Waals surface area contributed by atoms with Crippen molar-refractivity contribution in [2.75, 3.05) is 31.3 Å². The van der Waals surface area contributed by atoms with E-state index in [2.05, 4.69) is 30.9 Å². The normalized spacial score (nSPS) is 24.0. The van der Waals surface area contributed by atoms with E-state index < -0.39 is 0 Å². The Bertz CT molecular complexity index is 137. The third-order valence-electron chi connectivity index (χ3n) is 2.65. The van der Waals surface area contributed by atoms with Gasteiger partial charge in [-0.25, -0.2) is 0 Å². The second kappa shape index (κ2) is 7.55. The average Bonchev–Trinajstić information content (AvgIpc) is 2.70. The van der Waals surface area contributed by atoms with Crippen molar-refractivity contribution < 1.29 is 4.74 Å². The van der Waals surface area contributed by atoms with Crippen LogP contribution >= 0.6 is 11.8 Å². The Kier molecular flexibility index (Phi) is 6.65. The second-order valence-corrected chi connectivity index (χ2v) is 5.01. The van der Waals surface area contributed by atoms with E-state index in [0.717, 1.165) is 32.1 Å². The van der Waals surface area contributed by atoms with Gasteiger partial charge in [0.1, 0.15) is 0 Å². The summed E-state index contributed by atoms with van der Waals surface area (Å²) >= 11 is 2.08. The van der Waals surface area contributed by atoms with Gasteiger partial charge in [-0.3, -0.25) is 0 Å². The van der Waals surface area contributed by atoms with Crippen molar-refractivity contribution in [2.45, 2.75) is 32.7 Å². The molecule has 0 aromatic heterocycles. The van der Waals surface area contributed by atoms with E-state index in [-0.39, 0.29) is 0 Å². The van der Waals surface area contributed by atoms with Crippen LogP contribution < -0.4 is 5.32 Å². The van der Waals surface area contributed by atoms with Crippen LogP contribution in [0.25, 0.3) is 0 Å². The monoisotopic (exact) mass is 217 g/mol. The maximum Gasteiger partial charge on any atom is 0.0622 e. The molecular weight excluding hydrogens is 194 g/mol. The smallest absolute Gasteiger partial charge is 0.0622 e. The zero-order chi connectivity index (χ0) is 10.2. The third kappa shape index (κ3) is 4.20. The van der Waals surface area contributed by atoms with E-state index in [0.29, 0.717) is 6.04 Å². The van der Waals surface area contributed by atoms with Crippen molar-refractivity contribution in [3.05, 3.63) is 0 Å². The number of nitrogens with one attached hydrogen (secondary N) is 1. The summed E-state index contributed by atoms with van der Waals surface area (Å²) in [4.78, 5) is 0. The standard InChI is InChI=1S/C11H23NOS/c1-3-6-13-8-11(12-4-2)10-5-7-14-9-10/h10-12H,3-9H2,1-2H3. The largest absolute Gasteiger partial charge is 0.380 e. The summed E-state index contributed by atoms with van der Waals surface area (Å²) in [6, 6.07) is 0.585. The number of rotatable bonds is 7. The quantitative estimate of drug-likeness (QED) is 0.660. The van der Waals surface area contributed by atoms with Gasteiger partial charge in [-0.1, -0.05) is 13.8 Å². The lowest BCUT2D eigenvalue weighted by atomic mass is 10.00. The van der Waals surface area contributed by atoms with E-state index in [1.165, 1.54) is 17.9 Å². The zero-order valence-corrected chi connectivity index (χ0v) is 10.2. The van der Waals surface area contributed by atoms with Crippen LogP contribution in [0.15, 0.2) is 0 Å². The molecule has 14 heavy (non-hydrogen) atoms. The fourth-order valence-electron chi connectivity index (χ4n) is 1.85. The molecule has 2 nitrogen and oxygen atoms in total. The van der Waals surface area contributed by atoms with Gasteiger partial charge in [0, 0.05) is 12.6 Å². The number of hydrogen-bond acceptors (Lipinski definition) is 3. The van der Waals surface area contributed by atoms with Crippen LogP contribution in [-0.4, -0.2) is 37.3 Å². The molecule has 0 aliphatic carbocycles. The first-order chi connectivity index (χ1) is 6.88. The van der Waals surface area contributed by atoms with Crippen molar-refractivity contribution in [1.82, 2.24) is 5.32 Å². The topological polar surface area (TPSA) is 21.3 Å². The van der Waals surface area contributed by atoms with Gasteiger partial charge < -0.3 is 10.1 Å². The van der Waals surface area contributed by atoms with Crippen molar-refractivity contribution in [1.29, 1.82) is 0 Å². The molecule has 1 heterocycles. The lowest BCUT2D eigenvalue weighted by Gasteiger charge is -2.23. The molecule has 1 fully saturated rings. The van der Waals surface area contributed by atoms with Crippen LogP contribution in [0.4, 0.5) is 0 Å². The fourth-order valence-corrected chi connectivity index (χ4v) is 3.19. The minimum Gasteiger partial charge on any atom is -0.380 e. The number of ether oxygens (including phenoxy) is 1. The van der Waals surface area contributed by atoms with Crippen molar-refractivity contribution in [2.24, 2.45) is 5.92 Å². The van der Waals surface area contributed by atoms with Gasteiger partial charge in [0.05, 0.1) is 6.61 Å². The van der Waals surface area contributed by atoms with Gasteiger partial charge in [0.15, 0.2) is 0 Å². The first kappa shape index (κ1) is 12.3. The van der Waals surface area contributed by atoms with Crippen LogP contribution in [0.2, 0.25) is 0 Å². The lowest BCUT2D eigenvalue weighted by Crippen LogP contribution is -2.40. The van der Waals surface area contributed by atoms with E-state index in [4.69, 9.17) is 4.74 Å². The molecule has 0 spiro atoms. The molecule has 0 radical (unpaired) electrons. The Morgan fingerprint density at radius 2 is 2.36 bits per heavy atom. The molecule has 1 aliphatic heterocycles. The Balaban J connectivity index is 2.22. The molecule has 1 rings (SSSR count). The summed E-state index contributed by atoms with van der Waals surface area (Å²) in [5.41, 5.74) is 0. The second-order valence-electron chi connectivity index (χ2n) is 3.86. The highest BCUT2D eigenvalue weighted by molar-refractivity contribution is 7.99. The van der Waals surface area contributed by atoms with E-state index >= 15 is 0 Å². The molecule has 2 atom stereocenters. The maximum absolute atomic E-state index is 5.64. The molecule has 2 unspecified atom stereocenters. The van der Waals surface area contributed by atoms with Crippen LogP contribution in [0.3, 0.4) is 0 Å². The van der Waals surface area contributed by atoms with Crippen LogP contribution in [0.1, 0.15) is 26.7 Å². The average molecular weight is 217 g/mol. The van der Waals surface area contributed by atoms with E-state index in [1.54, 1.807) is 0 Å². The minimum atomic E-state index is 0.585. The number of likely N-dealkylation sites (N-methyl/N-ethyl adjacent to an activating group) is 1. The Morgan fingerprint density at radius 1 is 1.50 bits per heavy atom. The van der Waals surface area contributed by atoms with Crippen molar-refractivity contribution >= 4 is 11.8 Å². The first-order valence-corrected chi connectivity index (χ1v) is 6.92. The molecule has 1 saturated heterocycles. The Labute approximate surface area is 92.2 Å². The SMILES string of the molecule is CCCOCC(NCC)C1CCSC1. The van der Waals surface area contributed by atoms with Crippen molar-refractivity contribution in [3.8, 4) is 0 Å². The molecule has 0 aromatic carbocycles. The number of thioether (sulfide) groups is 1. The highest BCUT2D eigenvalue weighted by Gasteiger charge is 2.24. The molecule has 3 heteroatoms. The molecule has 0 bridgehead atoms. The molecular formula is C11H23NOS. The Hall–Kier alpha value is 0.270. The van der Waals surface area contributed by atoms with Gasteiger partial charge in [0.2, 0.25) is 0 Å². The summed E-state index contributed by atoms with van der Waals surface area (Å²) in [5.74, 6) is 3.48. The Morgan fingerprint density at radius 3 is 2.93 bits per heavy atom. The molecule has 0 amide bonds. The van der Waals surface area contributed by atoms with E-state index in [9.17, 15) is 0 Å². The molecule has 1 N–H and O–H groups in total. The van der Waals surface area contributed by atoms with Gasteiger partial charge in [-0.2, -0.15) is 11.8 Å². The lowest BCUT2D eigenvalue weighted by molar-refractivity contribution is 0.0975. The predicted octanol–water partition coefficient (Wildman–Crippen LogP) is 2.14. The molecule has 84 valence electrons. The predicted molar refractivity (Wildman–Crippen MR) is 64.0 cm³/mol. The molecule has 0 aromatic rings. The number of hydrogen-bond donors (Lipinski definition) is 1. The van der Waals surface area contributed by atoms with Gasteiger partial charge in [-0.05, 0) is 36.8 Å². The minimum absolute atomic E-state index is 0.585. The highest BCUT2D eigenvalue weighted by atomic mass is 32.2. The van der Waals surface area contributed by atoms with E-state index in [1.807, 2.05) is 0 Å². The van der Waals surface area contributed by atoms with Crippen molar-refractivity contribution in [3.63, 3.8) is 0 Å². The summed E-state index contributed by atoms with van der Waals surface area (Å²) in [6.45, 7) is 7.19. The third-order valence-corrected chi connectivity index (χ3v) is 3.83. The van der Waals surface area contributed by atoms with Crippen LogP contribution in [0, 0.1) is 5.92 Å². The van der Waals surface area contributed by atoms with Gasteiger partial charge in [0.25, 0.3) is 0 Å². The summed E-state index contributed by atoms with van der Waals surface area (Å²) < 4.78 is 5.64. The highest BCUT2D eigenvalue weighted by Crippen LogP contribution is 2.26. The summed E-state index contributed by atoms with van der Waals surface area (Å²) in [6.07, 6.45) is 2.48. The molecule has 0 saturated carbocycles. The van der Waals surface area contributed by atoms with Crippen LogP contribution in [-0.2, 0) is 4.74 Å². The molecule has 1 aliphatic rings. The van der Waals surface area contributed by atoms with Crippen LogP contribution in [0.5, 0.6) is 0 Å². The maximum atomic E-state index is 5.64. The summed E-state index contributed by atoms with van der Waals surface area (Å²) in [7, 11) is 0. The summed E-state index contributed by atoms with van der Waals surface area (Å²) in [5, 5.41) is 3.55.